The summed E-state index contributed by atoms with van der Waals surface area (Å²) in [5.74, 6) is 0.867. The van der Waals surface area contributed by atoms with Crippen molar-refractivity contribution >= 4 is 35.8 Å². The maximum Gasteiger partial charge on any atom is 0.227 e. The Kier molecular flexibility index (Phi) is 9.44. The van der Waals surface area contributed by atoms with Crippen molar-refractivity contribution in [3.8, 4) is 0 Å². The third kappa shape index (κ3) is 6.25. The average Bonchev–Trinajstić information content (AvgIpc) is 3.10. The average molecular weight is 468 g/mol. The Hall–Kier alpha value is -0.610. The molecule has 0 aromatic rings. The summed E-state index contributed by atoms with van der Waals surface area (Å²) >= 11 is 0. The van der Waals surface area contributed by atoms with Crippen LogP contribution in [0, 0.1) is 5.41 Å². The molecule has 2 fully saturated rings. The number of rotatable bonds is 5. The highest BCUT2D eigenvalue weighted by molar-refractivity contribution is 14.0. The summed E-state index contributed by atoms with van der Waals surface area (Å²) in [5, 5.41) is 6.23. The monoisotopic (exact) mass is 468 g/mol. The van der Waals surface area contributed by atoms with E-state index in [1.54, 1.807) is 7.05 Å². The predicted molar refractivity (Wildman–Crippen MR) is 110 cm³/mol. The fourth-order valence-corrected chi connectivity index (χ4v) is 3.10. The number of amides is 1. The van der Waals surface area contributed by atoms with Gasteiger partial charge in [0.05, 0.1) is 18.1 Å². The Morgan fingerprint density at radius 1 is 1.24 bits per heavy atom. The van der Waals surface area contributed by atoms with E-state index in [2.05, 4.69) is 20.5 Å². The first kappa shape index (κ1) is 22.4. The first-order chi connectivity index (χ1) is 11.5. The van der Waals surface area contributed by atoms with Gasteiger partial charge in [-0.1, -0.05) is 0 Å². The van der Waals surface area contributed by atoms with Crippen LogP contribution in [0.3, 0.4) is 0 Å². The van der Waals surface area contributed by atoms with E-state index in [0.29, 0.717) is 19.7 Å². The van der Waals surface area contributed by atoms with Crippen LogP contribution in [-0.4, -0.2) is 75.4 Å². The molecule has 25 heavy (non-hydrogen) atoms. The van der Waals surface area contributed by atoms with E-state index >= 15 is 0 Å². The van der Waals surface area contributed by atoms with Gasteiger partial charge >= 0.3 is 0 Å². The molecule has 2 rings (SSSR count). The molecular weight excluding hydrogens is 435 g/mol. The van der Waals surface area contributed by atoms with Crippen LogP contribution in [0.5, 0.6) is 0 Å². The smallest absolute Gasteiger partial charge is 0.227 e. The van der Waals surface area contributed by atoms with E-state index < -0.39 is 5.41 Å². The number of halogens is 1. The van der Waals surface area contributed by atoms with Gasteiger partial charge in [0.2, 0.25) is 5.91 Å². The van der Waals surface area contributed by atoms with Gasteiger partial charge in [0.1, 0.15) is 6.10 Å². The number of carbonyl (C=O) groups excluding carboxylic acids is 1. The van der Waals surface area contributed by atoms with Gasteiger partial charge in [0.25, 0.3) is 0 Å². The molecule has 2 aliphatic rings. The molecule has 0 aromatic heterocycles. The second-order valence-corrected chi connectivity index (χ2v) is 7.05. The number of hydrogen-bond acceptors (Lipinski definition) is 4. The van der Waals surface area contributed by atoms with Gasteiger partial charge in [-0.05, 0) is 33.6 Å². The Bertz CT molecular complexity index is 453. The molecule has 2 N–H and O–H groups in total. The van der Waals surface area contributed by atoms with Crippen molar-refractivity contribution < 1.29 is 14.3 Å². The third-order valence-corrected chi connectivity index (χ3v) is 4.62. The minimum absolute atomic E-state index is 0. The first-order valence-electron chi connectivity index (χ1n) is 8.95. The van der Waals surface area contributed by atoms with Crippen LogP contribution >= 0.6 is 24.0 Å². The maximum absolute atomic E-state index is 12.1. The molecule has 0 spiro atoms. The Balaban J connectivity index is 0.00000312. The summed E-state index contributed by atoms with van der Waals surface area (Å²) in [6.45, 7) is 10.1. The lowest BCUT2D eigenvalue weighted by atomic mass is 9.92. The number of carbonyl (C=O) groups is 1. The molecule has 1 amide bonds. The van der Waals surface area contributed by atoms with E-state index in [-0.39, 0.29) is 42.1 Å². The van der Waals surface area contributed by atoms with E-state index in [1.165, 1.54) is 0 Å². The third-order valence-electron chi connectivity index (χ3n) is 4.62. The zero-order chi connectivity index (χ0) is 17.6. The van der Waals surface area contributed by atoms with E-state index in [1.807, 2.05) is 20.8 Å². The number of aliphatic imine (C=N–C) groups is 1. The molecule has 0 aliphatic carbocycles. The summed E-state index contributed by atoms with van der Waals surface area (Å²) in [5.41, 5.74) is -0.494. The normalized spacial score (nSPS) is 24.6. The lowest BCUT2D eigenvalue weighted by molar-refractivity contribution is -0.128. The van der Waals surface area contributed by atoms with Crippen molar-refractivity contribution in [1.29, 1.82) is 0 Å². The van der Waals surface area contributed by atoms with E-state index in [4.69, 9.17) is 9.47 Å². The fraction of sp³-hybridized carbons (Fsp3) is 0.882. The highest BCUT2D eigenvalue weighted by atomic mass is 127. The van der Waals surface area contributed by atoms with Crippen molar-refractivity contribution in [2.24, 2.45) is 10.4 Å². The zero-order valence-corrected chi connectivity index (χ0v) is 18.2. The van der Waals surface area contributed by atoms with E-state index in [9.17, 15) is 4.79 Å². The van der Waals surface area contributed by atoms with Crippen LogP contribution in [0.1, 0.15) is 33.6 Å². The second kappa shape index (κ2) is 10.5. The van der Waals surface area contributed by atoms with Gasteiger partial charge in [-0.2, -0.15) is 0 Å². The lowest BCUT2D eigenvalue weighted by Crippen LogP contribution is -2.55. The molecule has 2 heterocycles. The topological polar surface area (TPSA) is 75.2 Å². The zero-order valence-electron chi connectivity index (χ0n) is 15.8. The van der Waals surface area contributed by atoms with Crippen molar-refractivity contribution in [3.05, 3.63) is 0 Å². The minimum atomic E-state index is -0.494. The van der Waals surface area contributed by atoms with Gasteiger partial charge in [-0.25, -0.2) is 0 Å². The molecule has 2 aliphatic heterocycles. The fourth-order valence-electron chi connectivity index (χ4n) is 3.10. The SMILES string of the molecule is CCNC(=O)C(C)(C)CNC(=NC)N1CCOC(C2CCCO2)C1.I. The van der Waals surface area contributed by atoms with E-state index in [0.717, 1.165) is 38.5 Å². The number of nitrogens with zero attached hydrogens (tertiary/aromatic N) is 2. The van der Waals surface area contributed by atoms with Crippen LogP contribution in [0.25, 0.3) is 0 Å². The molecule has 0 radical (unpaired) electrons. The summed E-state index contributed by atoms with van der Waals surface area (Å²) in [4.78, 5) is 18.7. The van der Waals surface area contributed by atoms with Crippen LogP contribution in [0.15, 0.2) is 4.99 Å². The summed E-state index contributed by atoms with van der Waals surface area (Å²) in [6.07, 6.45) is 2.46. The minimum Gasteiger partial charge on any atom is -0.375 e. The molecular formula is C17H33IN4O3. The van der Waals surface area contributed by atoms with Crippen molar-refractivity contribution in [3.63, 3.8) is 0 Å². The highest BCUT2D eigenvalue weighted by Crippen LogP contribution is 2.21. The van der Waals surface area contributed by atoms with Gasteiger partial charge in [0, 0.05) is 39.8 Å². The Morgan fingerprint density at radius 3 is 2.56 bits per heavy atom. The number of guanidine groups is 1. The molecule has 7 nitrogen and oxygen atoms in total. The van der Waals surface area contributed by atoms with Crippen molar-refractivity contribution in [2.45, 2.75) is 45.8 Å². The number of morpholine rings is 1. The quantitative estimate of drug-likeness (QED) is 0.361. The second-order valence-electron chi connectivity index (χ2n) is 7.05. The van der Waals surface area contributed by atoms with Crippen LogP contribution in [0.4, 0.5) is 0 Å². The summed E-state index contributed by atoms with van der Waals surface area (Å²) in [6, 6.07) is 0. The summed E-state index contributed by atoms with van der Waals surface area (Å²) in [7, 11) is 1.78. The Morgan fingerprint density at radius 2 is 1.96 bits per heavy atom. The molecule has 2 atom stereocenters. The molecule has 2 unspecified atom stereocenters. The molecule has 2 saturated heterocycles. The van der Waals surface area contributed by atoms with Crippen molar-refractivity contribution in [1.82, 2.24) is 15.5 Å². The van der Waals surface area contributed by atoms with Crippen molar-refractivity contribution in [2.75, 3.05) is 46.4 Å². The van der Waals surface area contributed by atoms with Gasteiger partial charge in [-0.3, -0.25) is 9.79 Å². The van der Waals surface area contributed by atoms with Gasteiger partial charge in [0.15, 0.2) is 5.96 Å². The molecule has 8 heteroatoms. The van der Waals surface area contributed by atoms with Crippen LogP contribution in [0.2, 0.25) is 0 Å². The standard InChI is InChI=1S/C17H32N4O3.HI/c1-5-19-15(22)17(2,3)12-20-16(18-4)21-8-10-24-14(11-21)13-7-6-9-23-13;/h13-14H,5-12H2,1-4H3,(H,18,20)(H,19,22);1H. The molecule has 0 bridgehead atoms. The van der Waals surface area contributed by atoms with Crippen LogP contribution < -0.4 is 10.6 Å². The maximum atomic E-state index is 12.1. The highest BCUT2D eigenvalue weighted by Gasteiger charge is 2.33. The van der Waals surface area contributed by atoms with Gasteiger partial charge < -0.3 is 25.0 Å². The Labute approximate surface area is 168 Å². The number of nitrogens with one attached hydrogen (secondary N) is 2. The van der Waals surface area contributed by atoms with Crippen LogP contribution in [-0.2, 0) is 14.3 Å². The largest absolute Gasteiger partial charge is 0.375 e. The first-order valence-corrected chi connectivity index (χ1v) is 8.95. The summed E-state index contributed by atoms with van der Waals surface area (Å²) < 4.78 is 11.7. The lowest BCUT2D eigenvalue weighted by Gasteiger charge is -2.37. The molecule has 146 valence electrons. The molecule has 0 saturated carbocycles. The molecule has 0 aromatic carbocycles. The number of hydrogen-bond donors (Lipinski definition) is 2. The van der Waals surface area contributed by atoms with Gasteiger partial charge in [-0.15, -0.1) is 24.0 Å². The predicted octanol–water partition coefficient (Wildman–Crippen LogP) is 1.22. The number of ether oxygens (including phenoxy) is 2.